The quantitative estimate of drug-likeness (QED) is 0.537. The average Bonchev–Trinajstić information content (AvgIpc) is 2.29. The number of hydrogen-bond donors (Lipinski definition) is 0. The predicted octanol–water partition coefficient (Wildman–Crippen LogP) is 0.380. The second-order valence-corrected chi connectivity index (χ2v) is 6.61. The highest BCUT2D eigenvalue weighted by Crippen LogP contribution is 2.35. The van der Waals surface area contributed by atoms with Gasteiger partial charge in [-0.25, -0.2) is 4.79 Å². The third kappa shape index (κ3) is 5.14. The molecule has 0 aliphatic carbocycles. The Balaban J connectivity index is 0.00000400. The predicted molar refractivity (Wildman–Crippen MR) is 84.5 cm³/mol. The van der Waals surface area contributed by atoms with E-state index in [9.17, 15) is 4.79 Å². The third-order valence-electron chi connectivity index (χ3n) is 3.23. The van der Waals surface area contributed by atoms with Crippen LogP contribution in [0.4, 0.5) is 10.5 Å². The summed E-state index contributed by atoms with van der Waals surface area (Å²) in [5.41, 5.74) is 3.44. The molecule has 1 aromatic carbocycles. The number of ether oxygens (including phenoxy) is 1. The number of nitrogens with zero attached hydrogens (tertiary/aromatic N) is 2. The molecule has 0 aromatic heterocycles. The highest BCUT2D eigenvalue weighted by Gasteiger charge is 2.23. The third-order valence-corrected chi connectivity index (χ3v) is 3.23. The molecule has 0 fully saturated rings. The summed E-state index contributed by atoms with van der Waals surface area (Å²) >= 11 is 0. The van der Waals surface area contributed by atoms with Gasteiger partial charge in [0, 0.05) is 25.7 Å². The highest BCUT2D eigenvalue weighted by molar-refractivity contribution is 5.71. The van der Waals surface area contributed by atoms with E-state index in [4.69, 9.17) is 4.74 Å². The van der Waals surface area contributed by atoms with Crippen LogP contribution in [0.25, 0.3) is 0 Å². The molecule has 1 amide bonds. The van der Waals surface area contributed by atoms with E-state index in [2.05, 4.69) is 41.1 Å². The van der Waals surface area contributed by atoms with Gasteiger partial charge in [-0.15, -0.1) is 0 Å². The van der Waals surface area contributed by atoms with E-state index in [-0.39, 0.29) is 30.1 Å². The average molecular weight is 406 g/mol. The van der Waals surface area contributed by atoms with Crippen LogP contribution in [-0.2, 0) is 0 Å². The van der Waals surface area contributed by atoms with Gasteiger partial charge in [0.25, 0.3) is 0 Å². The van der Waals surface area contributed by atoms with Gasteiger partial charge in [0.05, 0.1) is 21.1 Å². The summed E-state index contributed by atoms with van der Waals surface area (Å²) < 4.78 is 6.19. The first-order chi connectivity index (χ1) is 9.04. The molecule has 0 bridgehead atoms. The van der Waals surface area contributed by atoms with Gasteiger partial charge in [0.15, 0.2) is 0 Å². The minimum Gasteiger partial charge on any atom is -1.00 e. The molecule has 21 heavy (non-hydrogen) atoms. The fourth-order valence-corrected chi connectivity index (χ4v) is 2.03. The van der Waals surface area contributed by atoms with Crippen LogP contribution < -0.4 is 33.2 Å². The molecule has 0 heterocycles. The molecule has 120 valence electrons. The zero-order valence-electron chi connectivity index (χ0n) is 14.3. The van der Waals surface area contributed by atoms with Crippen molar-refractivity contribution in [1.29, 1.82) is 0 Å². The van der Waals surface area contributed by atoms with E-state index in [0.717, 1.165) is 10.0 Å². The summed E-state index contributed by atoms with van der Waals surface area (Å²) in [6, 6.07) is 4.12. The lowest BCUT2D eigenvalue weighted by Gasteiger charge is -2.28. The number of rotatable bonds is 3. The first kappa shape index (κ1) is 20.2. The van der Waals surface area contributed by atoms with Crippen LogP contribution in [-0.4, -0.2) is 46.2 Å². The van der Waals surface area contributed by atoms with Crippen molar-refractivity contribution < 1.29 is 33.5 Å². The summed E-state index contributed by atoms with van der Waals surface area (Å²) in [5.74, 6) is 1.02. The molecule has 0 aliphatic rings. The number of amides is 1. The maximum Gasteiger partial charge on any atom is 0.414 e. The van der Waals surface area contributed by atoms with Crippen molar-refractivity contribution in [3.05, 3.63) is 23.3 Å². The van der Waals surface area contributed by atoms with Crippen molar-refractivity contribution in [1.82, 2.24) is 9.38 Å². The molecule has 1 rings (SSSR count). The van der Waals surface area contributed by atoms with Crippen molar-refractivity contribution in [3.63, 3.8) is 0 Å². The molecule has 5 heteroatoms. The van der Waals surface area contributed by atoms with Crippen LogP contribution in [0.2, 0.25) is 0 Å². The van der Waals surface area contributed by atoms with Gasteiger partial charge in [-0.2, -0.15) is 0 Å². The minimum atomic E-state index is -0.346. The van der Waals surface area contributed by atoms with Crippen molar-refractivity contribution in [3.8, 4) is 5.75 Å². The summed E-state index contributed by atoms with van der Waals surface area (Å²) in [4.78, 5) is 13.2. The Morgan fingerprint density at radius 3 is 2.10 bits per heavy atom. The molecule has 4 nitrogen and oxygen atoms in total. The minimum absolute atomic E-state index is 0. The lowest BCUT2D eigenvalue weighted by atomic mass is 9.97. The van der Waals surface area contributed by atoms with E-state index in [0.29, 0.717) is 11.7 Å². The van der Waals surface area contributed by atoms with Gasteiger partial charge in [-0.1, -0.05) is 13.8 Å². The van der Waals surface area contributed by atoms with Gasteiger partial charge in [-0.05, 0) is 24.5 Å². The topological polar surface area (TPSA) is 29.5 Å². The number of carbonyl (C=O) groups is 1. The molecular formula is C16H27IN2O2. The molecule has 0 aliphatic heterocycles. The standard InChI is InChI=1S/C16H27N2O2.HI/c1-11(2)13-10-15(20-16(19)17(4)5)12(3)9-14(13)18(6,7)8;/h9-11H,1-8H3;1H/q+1;/p-1. The van der Waals surface area contributed by atoms with E-state index in [1.165, 1.54) is 16.2 Å². The number of quaternary nitrogens is 1. The van der Waals surface area contributed by atoms with Gasteiger partial charge >= 0.3 is 6.09 Å². The van der Waals surface area contributed by atoms with E-state index < -0.39 is 0 Å². The molecule has 1 aromatic rings. The van der Waals surface area contributed by atoms with Crippen molar-refractivity contribution in [2.75, 3.05) is 35.2 Å². The number of benzene rings is 1. The lowest BCUT2D eigenvalue weighted by molar-refractivity contribution is -0.00000970. The SMILES string of the molecule is Cc1cc([N+](C)(C)C)c(C(C)C)cc1OC(=O)N(C)C.[I-]. The monoisotopic (exact) mass is 406 g/mol. The number of hydrogen-bond acceptors (Lipinski definition) is 2. The maximum absolute atomic E-state index is 11.7. The molecule has 0 N–H and O–H groups in total. The Kier molecular flexibility index (Phi) is 7.15. The summed E-state index contributed by atoms with van der Waals surface area (Å²) in [5, 5.41) is 0. The smallest absolute Gasteiger partial charge is 0.414 e. The van der Waals surface area contributed by atoms with Crippen molar-refractivity contribution >= 4 is 11.8 Å². The van der Waals surface area contributed by atoms with Crippen LogP contribution in [0.3, 0.4) is 0 Å². The summed E-state index contributed by atoms with van der Waals surface area (Å²) in [6.07, 6.45) is -0.346. The van der Waals surface area contributed by atoms with E-state index in [1.807, 2.05) is 13.0 Å². The van der Waals surface area contributed by atoms with Gasteiger partial charge in [0.2, 0.25) is 0 Å². The molecular weight excluding hydrogens is 379 g/mol. The lowest BCUT2D eigenvalue weighted by Crippen LogP contribution is -3.00. The molecule has 0 saturated heterocycles. The van der Waals surface area contributed by atoms with Gasteiger partial charge < -0.3 is 33.6 Å². The van der Waals surface area contributed by atoms with Crippen LogP contribution in [0.15, 0.2) is 12.1 Å². The van der Waals surface area contributed by atoms with Gasteiger partial charge in [0.1, 0.15) is 11.4 Å². The number of carbonyl (C=O) groups excluding carboxylic acids is 1. The normalized spacial score (nSPS) is 11.1. The van der Waals surface area contributed by atoms with Crippen LogP contribution >= 0.6 is 0 Å². The zero-order chi connectivity index (χ0) is 15.7. The molecule has 0 saturated carbocycles. The Bertz CT molecular complexity index is 506. The fourth-order valence-electron chi connectivity index (χ4n) is 2.03. The largest absolute Gasteiger partial charge is 1.00 e. The molecule has 0 atom stereocenters. The first-order valence-corrected chi connectivity index (χ1v) is 6.89. The Morgan fingerprint density at radius 1 is 1.19 bits per heavy atom. The van der Waals surface area contributed by atoms with Crippen LogP contribution in [0.1, 0.15) is 30.9 Å². The Labute approximate surface area is 145 Å². The molecule has 0 spiro atoms. The van der Waals surface area contributed by atoms with Crippen molar-refractivity contribution in [2.45, 2.75) is 26.7 Å². The Morgan fingerprint density at radius 2 is 1.71 bits per heavy atom. The van der Waals surface area contributed by atoms with Crippen LogP contribution in [0.5, 0.6) is 5.75 Å². The second kappa shape index (κ2) is 7.45. The van der Waals surface area contributed by atoms with Gasteiger partial charge in [-0.3, -0.25) is 4.48 Å². The summed E-state index contributed by atoms with van der Waals surface area (Å²) in [7, 11) is 9.80. The second-order valence-electron chi connectivity index (χ2n) is 6.61. The molecule has 0 unspecified atom stereocenters. The summed E-state index contributed by atoms with van der Waals surface area (Å²) in [6.45, 7) is 6.28. The number of halogens is 1. The van der Waals surface area contributed by atoms with Crippen LogP contribution in [0, 0.1) is 6.92 Å². The molecule has 0 radical (unpaired) electrons. The van der Waals surface area contributed by atoms with E-state index >= 15 is 0 Å². The number of aryl methyl sites for hydroxylation is 1. The Hall–Kier alpha value is -0.820. The van der Waals surface area contributed by atoms with E-state index in [1.54, 1.807) is 14.1 Å². The zero-order valence-corrected chi connectivity index (χ0v) is 16.5. The maximum atomic E-state index is 11.7. The fraction of sp³-hybridized carbons (Fsp3) is 0.562. The van der Waals surface area contributed by atoms with Crippen molar-refractivity contribution in [2.24, 2.45) is 0 Å². The highest BCUT2D eigenvalue weighted by atomic mass is 127. The first-order valence-electron chi connectivity index (χ1n) is 6.89.